The number of amides is 1. The van der Waals surface area contributed by atoms with Gasteiger partial charge in [-0.05, 0) is 23.7 Å². The first kappa shape index (κ1) is 24.9. The second kappa shape index (κ2) is 9.25. The highest BCUT2D eigenvalue weighted by Gasteiger charge is 2.41. The summed E-state index contributed by atoms with van der Waals surface area (Å²) in [6.07, 6.45) is 0.847. The monoisotopic (exact) mass is 476 g/mol. The molecule has 13 heteroatoms. The standard InChI is InChI=1S/C20H32N8O4Si/c1-11(2)17(29)24-19-23-16-15(18(30)25-19)22-10-28(16)14-8-12(26-27-21)13(32-14)9-31-33(6,7)20(3,4)5/h10-14H,8-9H2,1-7H3,(H2,23,24,25,29,30)/t12-,13+,14+/m0/s1. The molecule has 180 valence electrons. The summed E-state index contributed by atoms with van der Waals surface area (Å²) in [7, 11) is -2.03. The zero-order chi connectivity index (χ0) is 24.6. The number of aromatic amines is 1. The molecule has 0 saturated carbocycles. The van der Waals surface area contributed by atoms with Crippen LogP contribution in [-0.2, 0) is 14.0 Å². The summed E-state index contributed by atoms with van der Waals surface area (Å²) in [5.41, 5.74) is 8.97. The Balaban J connectivity index is 1.87. The van der Waals surface area contributed by atoms with Crippen molar-refractivity contribution in [1.82, 2.24) is 19.5 Å². The Labute approximate surface area is 192 Å². The van der Waals surface area contributed by atoms with Gasteiger partial charge < -0.3 is 9.16 Å². The van der Waals surface area contributed by atoms with Gasteiger partial charge in [-0.3, -0.25) is 24.5 Å². The highest BCUT2D eigenvalue weighted by atomic mass is 28.4. The molecule has 1 aliphatic rings. The topological polar surface area (TPSA) is 160 Å². The molecule has 2 N–H and O–H groups in total. The lowest BCUT2D eigenvalue weighted by molar-refractivity contribution is -0.118. The zero-order valence-corrected chi connectivity index (χ0v) is 21.1. The lowest BCUT2D eigenvalue weighted by atomic mass is 10.1. The number of anilines is 1. The molecular weight excluding hydrogens is 444 g/mol. The summed E-state index contributed by atoms with van der Waals surface area (Å²) in [4.78, 5) is 38.6. The van der Waals surface area contributed by atoms with Gasteiger partial charge in [0.05, 0.1) is 25.1 Å². The van der Waals surface area contributed by atoms with E-state index in [4.69, 9.17) is 14.7 Å². The predicted octanol–water partition coefficient (Wildman–Crippen LogP) is 3.70. The highest BCUT2D eigenvalue weighted by Crippen LogP contribution is 2.38. The molecule has 0 unspecified atom stereocenters. The van der Waals surface area contributed by atoms with Crippen molar-refractivity contribution in [2.45, 2.75) is 77.5 Å². The number of hydrogen-bond acceptors (Lipinski definition) is 7. The first-order chi connectivity index (χ1) is 15.3. The Morgan fingerprint density at radius 1 is 1.48 bits per heavy atom. The van der Waals surface area contributed by atoms with Crippen molar-refractivity contribution in [3.63, 3.8) is 0 Å². The van der Waals surface area contributed by atoms with Crippen LogP contribution in [0.25, 0.3) is 21.6 Å². The van der Waals surface area contributed by atoms with Crippen LogP contribution in [0.1, 0.15) is 47.3 Å². The maximum Gasteiger partial charge on any atom is 0.280 e. The van der Waals surface area contributed by atoms with Crippen LogP contribution in [-0.4, -0.2) is 52.5 Å². The number of carbonyl (C=O) groups is 1. The largest absolute Gasteiger partial charge is 0.414 e. The number of ether oxygens (including phenoxy) is 1. The molecule has 1 aliphatic heterocycles. The van der Waals surface area contributed by atoms with E-state index in [-0.39, 0.29) is 34.0 Å². The molecule has 3 rings (SSSR count). The smallest absolute Gasteiger partial charge is 0.280 e. The van der Waals surface area contributed by atoms with E-state index in [0.29, 0.717) is 13.0 Å². The molecule has 0 aliphatic carbocycles. The van der Waals surface area contributed by atoms with Gasteiger partial charge in [-0.2, -0.15) is 4.98 Å². The maximum absolute atomic E-state index is 12.5. The van der Waals surface area contributed by atoms with Gasteiger partial charge in [0.2, 0.25) is 11.9 Å². The quantitative estimate of drug-likeness (QED) is 0.268. The molecule has 2 aromatic heterocycles. The number of azide groups is 1. The molecule has 1 fully saturated rings. The Hall–Kier alpha value is -2.73. The molecule has 0 radical (unpaired) electrons. The number of H-pyrrole nitrogens is 1. The van der Waals surface area contributed by atoms with Crippen molar-refractivity contribution in [1.29, 1.82) is 0 Å². The third kappa shape index (κ3) is 5.27. The van der Waals surface area contributed by atoms with Gasteiger partial charge in [-0.15, -0.1) is 0 Å². The molecule has 3 heterocycles. The summed E-state index contributed by atoms with van der Waals surface area (Å²) in [6.45, 7) is 14.5. The van der Waals surface area contributed by atoms with Gasteiger partial charge in [0.25, 0.3) is 5.56 Å². The van der Waals surface area contributed by atoms with Crippen LogP contribution >= 0.6 is 0 Å². The van der Waals surface area contributed by atoms with Crippen LogP contribution < -0.4 is 10.9 Å². The maximum atomic E-state index is 12.5. The molecule has 2 aromatic rings. The van der Waals surface area contributed by atoms with Gasteiger partial charge >= 0.3 is 0 Å². The average Bonchev–Trinajstić information content (AvgIpc) is 3.30. The summed E-state index contributed by atoms with van der Waals surface area (Å²) < 4.78 is 14.1. The SMILES string of the molecule is CC(C)C(=O)Nc1nc2c(ncn2[C@H]2C[C@H](N=[N+]=[N-])[C@@H](CO[Si](C)(C)C(C)(C)C)O2)c(=O)[nH]1. The van der Waals surface area contributed by atoms with E-state index < -0.39 is 32.3 Å². The molecular formula is C20H32N8O4Si. The highest BCUT2D eigenvalue weighted by molar-refractivity contribution is 6.74. The van der Waals surface area contributed by atoms with Gasteiger partial charge in [0, 0.05) is 17.3 Å². The number of aromatic nitrogens is 4. The lowest BCUT2D eigenvalue weighted by Crippen LogP contribution is -2.43. The second-order valence-electron chi connectivity index (χ2n) is 10.1. The Morgan fingerprint density at radius 2 is 2.18 bits per heavy atom. The Kier molecular flexibility index (Phi) is 6.98. The van der Waals surface area contributed by atoms with Crippen molar-refractivity contribution < 1.29 is 14.0 Å². The number of nitrogens with one attached hydrogen (secondary N) is 2. The Bertz CT molecular complexity index is 1130. The fourth-order valence-electron chi connectivity index (χ4n) is 3.19. The normalized spacial score (nSPS) is 21.4. The summed E-state index contributed by atoms with van der Waals surface area (Å²) >= 11 is 0. The average molecular weight is 477 g/mol. The van der Waals surface area contributed by atoms with Gasteiger partial charge in [-0.1, -0.05) is 39.7 Å². The van der Waals surface area contributed by atoms with Crippen LogP contribution in [0.15, 0.2) is 16.2 Å². The minimum atomic E-state index is -2.03. The van der Waals surface area contributed by atoms with Crippen LogP contribution in [0, 0.1) is 5.92 Å². The number of nitrogens with zero attached hydrogens (tertiary/aromatic N) is 6. The number of rotatable bonds is 7. The molecule has 1 amide bonds. The van der Waals surface area contributed by atoms with Crippen molar-refractivity contribution in [3.05, 3.63) is 27.1 Å². The zero-order valence-electron chi connectivity index (χ0n) is 20.1. The Morgan fingerprint density at radius 3 is 2.79 bits per heavy atom. The minimum absolute atomic E-state index is 0.0291. The number of imidazole rings is 1. The summed E-state index contributed by atoms with van der Waals surface area (Å²) in [5, 5.41) is 6.54. The molecule has 1 saturated heterocycles. The van der Waals surface area contributed by atoms with Crippen LogP contribution in [0.4, 0.5) is 5.95 Å². The van der Waals surface area contributed by atoms with E-state index in [1.165, 1.54) is 6.33 Å². The first-order valence-corrected chi connectivity index (χ1v) is 13.9. The van der Waals surface area contributed by atoms with Gasteiger partial charge in [0.1, 0.15) is 6.23 Å². The molecule has 33 heavy (non-hydrogen) atoms. The number of carbonyl (C=O) groups excluding carboxylic acids is 1. The van der Waals surface area contributed by atoms with Crippen molar-refractivity contribution in [2.24, 2.45) is 11.0 Å². The second-order valence-corrected chi connectivity index (χ2v) is 14.9. The molecule has 0 bridgehead atoms. The van der Waals surface area contributed by atoms with Gasteiger partial charge in [-0.25, -0.2) is 4.98 Å². The van der Waals surface area contributed by atoms with E-state index in [1.807, 2.05) is 0 Å². The van der Waals surface area contributed by atoms with E-state index in [2.05, 4.69) is 64.2 Å². The molecule has 3 atom stereocenters. The summed E-state index contributed by atoms with van der Waals surface area (Å²) in [5.74, 6) is -0.511. The number of fused-ring (bicyclic) bond motifs is 1. The van der Waals surface area contributed by atoms with E-state index in [1.54, 1.807) is 18.4 Å². The molecule has 0 aromatic carbocycles. The van der Waals surface area contributed by atoms with E-state index in [9.17, 15) is 9.59 Å². The molecule has 12 nitrogen and oxygen atoms in total. The van der Waals surface area contributed by atoms with E-state index in [0.717, 1.165) is 0 Å². The number of hydrogen-bond donors (Lipinski definition) is 2. The van der Waals surface area contributed by atoms with Crippen molar-refractivity contribution in [3.8, 4) is 0 Å². The molecule has 0 spiro atoms. The van der Waals surface area contributed by atoms with Crippen molar-refractivity contribution in [2.75, 3.05) is 11.9 Å². The predicted molar refractivity (Wildman–Crippen MR) is 126 cm³/mol. The third-order valence-electron chi connectivity index (χ3n) is 6.33. The van der Waals surface area contributed by atoms with Crippen LogP contribution in [0.5, 0.6) is 0 Å². The lowest BCUT2D eigenvalue weighted by Gasteiger charge is -2.37. The van der Waals surface area contributed by atoms with Crippen LogP contribution in [0.2, 0.25) is 18.1 Å². The first-order valence-electron chi connectivity index (χ1n) is 11.0. The third-order valence-corrected chi connectivity index (χ3v) is 10.8. The van der Waals surface area contributed by atoms with Crippen LogP contribution in [0.3, 0.4) is 0 Å². The fourth-order valence-corrected chi connectivity index (χ4v) is 4.20. The van der Waals surface area contributed by atoms with Gasteiger partial charge in [0.15, 0.2) is 19.5 Å². The minimum Gasteiger partial charge on any atom is -0.414 e. The van der Waals surface area contributed by atoms with E-state index >= 15 is 0 Å². The van der Waals surface area contributed by atoms with Crippen molar-refractivity contribution >= 4 is 31.3 Å². The fraction of sp³-hybridized carbons (Fsp3) is 0.700. The summed E-state index contributed by atoms with van der Waals surface area (Å²) in [6, 6.07) is -0.440.